The number of rotatable bonds is 13. The minimum absolute atomic E-state index is 0.0126. The highest BCUT2D eigenvalue weighted by atomic mass is 32.2. The van der Waals surface area contributed by atoms with Crippen LogP contribution in [0.1, 0.15) is 61.3 Å². The highest BCUT2D eigenvalue weighted by Gasteiger charge is 2.58. The highest BCUT2D eigenvalue weighted by molar-refractivity contribution is 7.98. The summed E-state index contributed by atoms with van der Waals surface area (Å²) >= 11 is 1.68. The molecule has 4 aliphatic heterocycles. The van der Waals surface area contributed by atoms with Crippen molar-refractivity contribution in [2.24, 2.45) is 5.92 Å². The molecule has 7 rings (SSSR count). The Balaban J connectivity index is 1.12. The Morgan fingerprint density at radius 2 is 1.51 bits per heavy atom. The zero-order valence-corrected chi connectivity index (χ0v) is 30.2. The molecule has 4 aliphatic rings. The van der Waals surface area contributed by atoms with E-state index in [1.807, 2.05) is 95.9 Å². The molecule has 4 fully saturated rings. The van der Waals surface area contributed by atoms with Crippen molar-refractivity contribution in [1.82, 2.24) is 19.6 Å². The van der Waals surface area contributed by atoms with Crippen LogP contribution in [-0.4, -0.2) is 101 Å². The van der Waals surface area contributed by atoms with E-state index in [9.17, 15) is 14.4 Å². The number of cyclic esters (lactones) is 1. The van der Waals surface area contributed by atoms with Crippen molar-refractivity contribution >= 4 is 35.7 Å². The Labute approximate surface area is 306 Å². The van der Waals surface area contributed by atoms with Gasteiger partial charge in [-0.3, -0.25) is 14.5 Å². The quantitative estimate of drug-likeness (QED) is 0.181. The lowest BCUT2D eigenvalue weighted by atomic mass is 9.88. The number of hydrogen-bond acceptors (Lipinski definition) is 6. The molecule has 0 spiro atoms. The summed E-state index contributed by atoms with van der Waals surface area (Å²) in [5.74, 6) is 1.65. The third-order valence-electron chi connectivity index (χ3n) is 11.1. The fourth-order valence-electron chi connectivity index (χ4n) is 8.14. The molecular weight excluding hydrogens is 657 g/mol. The molecule has 0 unspecified atom stereocenters. The number of thioether (sulfide) groups is 1. The van der Waals surface area contributed by atoms with Crippen molar-refractivity contribution < 1.29 is 19.1 Å². The van der Waals surface area contributed by atoms with Crippen LogP contribution in [0.3, 0.4) is 0 Å². The van der Waals surface area contributed by atoms with Crippen molar-refractivity contribution in [2.75, 3.05) is 45.1 Å². The fourth-order valence-corrected chi connectivity index (χ4v) is 9.21. The van der Waals surface area contributed by atoms with Gasteiger partial charge >= 0.3 is 6.09 Å². The zero-order chi connectivity index (χ0) is 35.0. The number of ether oxygens (including phenoxy) is 1. The summed E-state index contributed by atoms with van der Waals surface area (Å²) in [5.41, 5.74) is 3.10. The molecule has 0 aromatic heterocycles. The van der Waals surface area contributed by atoms with Crippen molar-refractivity contribution in [3.63, 3.8) is 0 Å². The molecule has 9 heteroatoms. The van der Waals surface area contributed by atoms with E-state index in [0.29, 0.717) is 24.8 Å². The summed E-state index contributed by atoms with van der Waals surface area (Å²) in [7, 11) is 0. The van der Waals surface area contributed by atoms with Gasteiger partial charge in [0.25, 0.3) is 0 Å². The van der Waals surface area contributed by atoms with Gasteiger partial charge in [-0.2, -0.15) is 11.8 Å². The van der Waals surface area contributed by atoms with E-state index in [2.05, 4.69) is 17.0 Å². The maximum atomic E-state index is 14.6. The Morgan fingerprint density at radius 1 is 0.843 bits per heavy atom. The third-order valence-corrected chi connectivity index (χ3v) is 12.2. The maximum absolute atomic E-state index is 14.6. The van der Waals surface area contributed by atoms with Crippen LogP contribution in [-0.2, 0) is 20.1 Å². The van der Waals surface area contributed by atoms with Crippen LogP contribution in [0.2, 0.25) is 0 Å². The number of carbonyl (C=O) groups is 3. The second kappa shape index (κ2) is 17.0. The van der Waals surface area contributed by atoms with Crippen molar-refractivity contribution in [3.8, 4) is 0 Å². The predicted molar refractivity (Wildman–Crippen MR) is 203 cm³/mol. The summed E-state index contributed by atoms with van der Waals surface area (Å²) in [5, 5.41) is 0. The molecule has 268 valence electrons. The van der Waals surface area contributed by atoms with E-state index in [1.165, 1.54) is 44.3 Å². The Morgan fingerprint density at radius 3 is 2.22 bits per heavy atom. The standard InChI is InChI=1S/C42H50N4O4S/c47-40(44-27-22-33(23-28-44)21-26-43-24-11-4-12-25-43)38(31-51-30-34-15-7-2-8-16-34)45-36(20-19-32-13-5-1-6-14-32)39(41(45)48)46-37(29-50-42(46)49)35-17-9-3-10-18-35/h1-3,5-10,13-20,33,36-39H,4,11-12,21-31H2/b20-19+/t36-,37-,38-,39+/m1/s1. The van der Waals surface area contributed by atoms with Crippen molar-refractivity contribution in [3.05, 3.63) is 114 Å². The minimum atomic E-state index is -0.764. The molecule has 0 aliphatic carbocycles. The van der Waals surface area contributed by atoms with Gasteiger partial charge in [-0.15, -0.1) is 0 Å². The molecular formula is C42H50N4O4S. The SMILES string of the molecule is O=C([C@@H](CSCc1ccccc1)N1C(=O)[C@@H](N2C(=O)OC[C@@H]2c2ccccc2)[C@H]1/C=C/c1ccccc1)N1CCC(CCN2CCCCC2)CC1. The van der Waals surface area contributed by atoms with Crippen LogP contribution in [0.4, 0.5) is 4.79 Å². The van der Waals surface area contributed by atoms with E-state index in [4.69, 9.17) is 4.74 Å². The summed E-state index contributed by atoms with van der Waals surface area (Å²) in [4.78, 5) is 50.4. The first kappa shape index (κ1) is 35.3. The summed E-state index contributed by atoms with van der Waals surface area (Å²) in [6, 6.07) is 27.7. The lowest BCUT2D eigenvalue weighted by Gasteiger charge is -2.53. The molecule has 4 atom stereocenters. The number of nitrogens with zero attached hydrogens (tertiary/aromatic N) is 4. The van der Waals surface area contributed by atoms with Gasteiger partial charge in [-0.1, -0.05) is 110 Å². The number of likely N-dealkylation sites (tertiary alicyclic amines) is 3. The van der Waals surface area contributed by atoms with E-state index in [0.717, 1.165) is 36.3 Å². The normalized spacial score (nSPS) is 23.8. The van der Waals surface area contributed by atoms with Gasteiger partial charge in [0, 0.05) is 24.6 Å². The van der Waals surface area contributed by atoms with Crippen LogP contribution >= 0.6 is 11.8 Å². The monoisotopic (exact) mass is 706 g/mol. The van der Waals surface area contributed by atoms with E-state index < -0.39 is 24.2 Å². The molecule has 0 saturated carbocycles. The van der Waals surface area contributed by atoms with Gasteiger partial charge in [-0.25, -0.2) is 4.79 Å². The first-order valence-corrected chi connectivity index (χ1v) is 19.9. The average Bonchev–Trinajstić information content (AvgIpc) is 3.56. The van der Waals surface area contributed by atoms with E-state index in [-0.39, 0.29) is 24.5 Å². The Hall–Kier alpha value is -4.08. The minimum Gasteiger partial charge on any atom is -0.447 e. The number of hydrogen-bond donors (Lipinski definition) is 0. The maximum Gasteiger partial charge on any atom is 0.411 e. The number of carbonyl (C=O) groups excluding carboxylic acids is 3. The third kappa shape index (κ3) is 8.36. The van der Waals surface area contributed by atoms with Crippen LogP contribution in [0.15, 0.2) is 97.1 Å². The lowest BCUT2D eigenvalue weighted by Crippen LogP contribution is -2.74. The van der Waals surface area contributed by atoms with Gasteiger partial charge in [-0.05, 0) is 74.3 Å². The van der Waals surface area contributed by atoms with Gasteiger partial charge in [0.15, 0.2) is 0 Å². The summed E-state index contributed by atoms with van der Waals surface area (Å²) < 4.78 is 5.58. The molecule has 3 amide bonds. The largest absolute Gasteiger partial charge is 0.447 e. The lowest BCUT2D eigenvalue weighted by molar-refractivity contribution is -0.164. The molecule has 3 aromatic rings. The van der Waals surface area contributed by atoms with Gasteiger partial charge in [0.1, 0.15) is 18.7 Å². The molecule has 4 heterocycles. The van der Waals surface area contributed by atoms with Crippen LogP contribution in [0.5, 0.6) is 0 Å². The van der Waals surface area contributed by atoms with Crippen molar-refractivity contribution in [1.29, 1.82) is 0 Å². The number of piperidine rings is 2. The van der Waals surface area contributed by atoms with Gasteiger partial charge < -0.3 is 19.4 Å². The second-order valence-corrected chi connectivity index (χ2v) is 15.4. The molecule has 0 bridgehead atoms. The fraction of sp³-hybridized carbons (Fsp3) is 0.452. The molecule has 0 radical (unpaired) electrons. The highest BCUT2D eigenvalue weighted by Crippen LogP contribution is 2.39. The van der Waals surface area contributed by atoms with E-state index >= 15 is 0 Å². The zero-order valence-electron chi connectivity index (χ0n) is 29.4. The van der Waals surface area contributed by atoms with Crippen LogP contribution in [0.25, 0.3) is 6.08 Å². The summed E-state index contributed by atoms with van der Waals surface area (Å²) in [6.07, 6.45) is 10.7. The molecule has 51 heavy (non-hydrogen) atoms. The predicted octanol–water partition coefficient (Wildman–Crippen LogP) is 6.89. The molecule has 0 N–H and O–H groups in total. The first-order valence-electron chi connectivity index (χ1n) is 18.7. The van der Waals surface area contributed by atoms with Crippen LogP contribution < -0.4 is 0 Å². The van der Waals surface area contributed by atoms with Gasteiger partial charge in [0.05, 0.1) is 12.1 Å². The first-order chi connectivity index (χ1) is 25.1. The van der Waals surface area contributed by atoms with Crippen LogP contribution in [0, 0.1) is 5.92 Å². The Kier molecular flexibility index (Phi) is 11.7. The molecule has 3 aromatic carbocycles. The Bertz CT molecular complexity index is 1630. The number of benzene rings is 3. The topological polar surface area (TPSA) is 73.4 Å². The summed E-state index contributed by atoms with van der Waals surface area (Å²) in [6.45, 7) is 5.20. The van der Waals surface area contributed by atoms with Gasteiger partial charge in [0.2, 0.25) is 11.8 Å². The molecule has 4 saturated heterocycles. The number of β-lactam (4-membered cyclic amide) rings is 1. The molecule has 8 nitrogen and oxygen atoms in total. The number of amides is 3. The van der Waals surface area contributed by atoms with Crippen molar-refractivity contribution in [2.45, 2.75) is 68.4 Å². The average molecular weight is 707 g/mol. The smallest absolute Gasteiger partial charge is 0.411 e. The van der Waals surface area contributed by atoms with E-state index in [1.54, 1.807) is 21.6 Å². The second-order valence-electron chi connectivity index (χ2n) is 14.3.